The number of allylic oxidation sites excluding steroid dienone is 3. The fourth-order valence-electron chi connectivity index (χ4n) is 3.27. The molecule has 6 heteroatoms. The maximum Gasteiger partial charge on any atom is 0.342 e. The molecule has 1 fully saturated rings. The van der Waals surface area contributed by atoms with Crippen LogP contribution >= 0.6 is 11.6 Å². The van der Waals surface area contributed by atoms with Crippen LogP contribution < -0.4 is 0 Å². The van der Waals surface area contributed by atoms with E-state index in [1.165, 1.54) is 0 Å². The molecule has 0 aromatic heterocycles. The molecule has 3 rings (SSSR count). The summed E-state index contributed by atoms with van der Waals surface area (Å²) >= 11 is 6.11. The van der Waals surface area contributed by atoms with E-state index in [1.807, 2.05) is 13.0 Å². The number of cyclic esters (lactones) is 1. The highest BCUT2D eigenvalue weighted by molar-refractivity contribution is 6.33. The van der Waals surface area contributed by atoms with Crippen LogP contribution in [0.15, 0.2) is 30.4 Å². The van der Waals surface area contributed by atoms with Crippen molar-refractivity contribution in [2.24, 2.45) is 11.8 Å². The fraction of sp³-hybridized carbons (Fsp3) is 0.421. The largest absolute Gasteiger partial charge is 0.507 e. The number of aliphatic hydroxyl groups excluding tert-OH is 1. The summed E-state index contributed by atoms with van der Waals surface area (Å²) in [5.41, 5.74) is 0.0564. The van der Waals surface area contributed by atoms with E-state index in [2.05, 4.69) is 6.08 Å². The highest BCUT2D eigenvalue weighted by atomic mass is 35.5. The van der Waals surface area contributed by atoms with Gasteiger partial charge in [-0.3, -0.25) is 0 Å². The number of carbonyl (C=O) groups is 1. The van der Waals surface area contributed by atoms with E-state index in [1.54, 1.807) is 12.2 Å². The second-order valence-corrected chi connectivity index (χ2v) is 7.11. The summed E-state index contributed by atoms with van der Waals surface area (Å²) in [5, 5.41) is 30.1. The highest BCUT2D eigenvalue weighted by Gasteiger charge is 2.36. The van der Waals surface area contributed by atoms with Gasteiger partial charge in [0.05, 0.1) is 17.2 Å². The van der Waals surface area contributed by atoms with Gasteiger partial charge in [0.1, 0.15) is 17.1 Å². The van der Waals surface area contributed by atoms with Crippen molar-refractivity contribution in [1.29, 1.82) is 0 Å². The Kier molecular flexibility index (Phi) is 5.06. The topological polar surface area (TPSA) is 87.0 Å². The lowest BCUT2D eigenvalue weighted by Gasteiger charge is -2.18. The van der Waals surface area contributed by atoms with Crippen molar-refractivity contribution in [3.05, 3.63) is 46.5 Å². The molecule has 1 saturated carbocycles. The quantitative estimate of drug-likeness (QED) is 0.614. The number of ether oxygens (including phenoxy) is 1. The Morgan fingerprint density at radius 2 is 1.88 bits per heavy atom. The Hall–Kier alpha value is -1.98. The van der Waals surface area contributed by atoms with Crippen molar-refractivity contribution in [3.8, 4) is 11.5 Å². The minimum Gasteiger partial charge on any atom is -0.507 e. The third-order valence-corrected chi connectivity index (χ3v) is 5.08. The number of rotatable bonds is 0. The first-order chi connectivity index (χ1) is 11.9. The second kappa shape index (κ2) is 7.10. The van der Waals surface area contributed by atoms with Crippen LogP contribution in [0.1, 0.15) is 35.7 Å². The fourth-order valence-corrected chi connectivity index (χ4v) is 3.50. The summed E-state index contributed by atoms with van der Waals surface area (Å²) in [6, 6.07) is 1.01. The molecule has 0 spiro atoms. The number of benzene rings is 1. The number of esters is 1. The van der Waals surface area contributed by atoms with Crippen molar-refractivity contribution < 1.29 is 24.9 Å². The van der Waals surface area contributed by atoms with E-state index in [0.29, 0.717) is 11.8 Å². The Bertz CT molecular complexity index is 740. The van der Waals surface area contributed by atoms with Gasteiger partial charge in [-0.25, -0.2) is 4.79 Å². The summed E-state index contributed by atoms with van der Waals surface area (Å²) in [5.74, 6) is -0.531. The number of phenolic OH excluding ortho intramolecular Hbond substituents is 2. The minimum absolute atomic E-state index is 0.0317. The zero-order valence-corrected chi connectivity index (χ0v) is 14.6. The molecule has 1 heterocycles. The van der Waals surface area contributed by atoms with Crippen LogP contribution in [0.4, 0.5) is 0 Å². The number of carbonyl (C=O) groups excluding carboxylic acids is 1. The van der Waals surface area contributed by atoms with Gasteiger partial charge >= 0.3 is 5.97 Å². The monoisotopic (exact) mass is 364 g/mol. The Labute approximate surface area is 151 Å². The Balaban J connectivity index is 2.00. The van der Waals surface area contributed by atoms with Gasteiger partial charge < -0.3 is 20.1 Å². The first kappa shape index (κ1) is 17.8. The normalized spacial score (nSPS) is 31.9. The van der Waals surface area contributed by atoms with Crippen LogP contribution in [-0.2, 0) is 11.2 Å². The lowest BCUT2D eigenvalue weighted by Crippen LogP contribution is -2.19. The number of halogens is 1. The maximum absolute atomic E-state index is 12.6. The van der Waals surface area contributed by atoms with Crippen LogP contribution in [-0.4, -0.2) is 33.5 Å². The van der Waals surface area contributed by atoms with Gasteiger partial charge in [-0.2, -0.15) is 0 Å². The third kappa shape index (κ3) is 3.99. The standard InChI is InChI=1S/C19H21ClO5/c1-10-6-12-7-11(12)4-2-3-5-13(21)8-14-17(19(24)25-10)15(22)9-16(23)18(14)20/h2-5,9-13,21-23H,6-8H2,1H3/b4-2-,5-3+/t10-,11+,12+,13+/m1/s1. The average molecular weight is 365 g/mol. The first-order valence-corrected chi connectivity index (χ1v) is 8.72. The molecule has 134 valence electrons. The van der Waals surface area contributed by atoms with Gasteiger partial charge in [-0.15, -0.1) is 0 Å². The third-order valence-electron chi connectivity index (χ3n) is 4.66. The number of hydrogen-bond donors (Lipinski definition) is 3. The second-order valence-electron chi connectivity index (χ2n) is 6.73. The van der Waals surface area contributed by atoms with Crippen molar-refractivity contribution in [2.75, 3.05) is 0 Å². The predicted molar refractivity (Wildman–Crippen MR) is 93.9 cm³/mol. The number of phenols is 2. The molecule has 1 aliphatic carbocycles. The van der Waals surface area contributed by atoms with Gasteiger partial charge in [0, 0.05) is 12.5 Å². The summed E-state index contributed by atoms with van der Waals surface area (Å²) in [6.07, 6.45) is 7.86. The molecule has 0 bridgehead atoms. The molecule has 4 atom stereocenters. The van der Waals surface area contributed by atoms with E-state index < -0.39 is 17.8 Å². The summed E-state index contributed by atoms with van der Waals surface area (Å²) in [6.45, 7) is 1.82. The smallest absolute Gasteiger partial charge is 0.342 e. The van der Waals surface area contributed by atoms with Crippen LogP contribution in [0.5, 0.6) is 11.5 Å². The summed E-state index contributed by atoms with van der Waals surface area (Å²) in [4.78, 5) is 12.6. The number of aromatic hydroxyl groups is 2. The van der Waals surface area contributed by atoms with Gasteiger partial charge in [-0.05, 0) is 37.2 Å². The van der Waals surface area contributed by atoms with E-state index in [4.69, 9.17) is 16.3 Å². The molecule has 0 saturated heterocycles. The van der Waals surface area contributed by atoms with Crippen LogP contribution in [0.3, 0.4) is 0 Å². The zero-order valence-electron chi connectivity index (χ0n) is 13.9. The van der Waals surface area contributed by atoms with Crippen LogP contribution in [0, 0.1) is 11.8 Å². The molecule has 5 nitrogen and oxygen atoms in total. The molecule has 1 aromatic carbocycles. The van der Waals surface area contributed by atoms with Gasteiger partial charge in [0.2, 0.25) is 0 Å². The van der Waals surface area contributed by atoms with Crippen molar-refractivity contribution in [3.63, 3.8) is 0 Å². The molecule has 0 unspecified atom stereocenters. The lowest BCUT2D eigenvalue weighted by atomic mass is 9.99. The van der Waals surface area contributed by atoms with Crippen molar-refractivity contribution in [1.82, 2.24) is 0 Å². The molecule has 2 aliphatic rings. The molecule has 1 aromatic rings. The van der Waals surface area contributed by atoms with E-state index in [0.717, 1.165) is 18.9 Å². The molecule has 1 aliphatic heterocycles. The molecular weight excluding hydrogens is 344 g/mol. The zero-order chi connectivity index (χ0) is 18.1. The van der Waals surface area contributed by atoms with Gasteiger partial charge in [-0.1, -0.05) is 35.9 Å². The van der Waals surface area contributed by atoms with Gasteiger partial charge in [0.25, 0.3) is 0 Å². The minimum atomic E-state index is -0.926. The van der Waals surface area contributed by atoms with Gasteiger partial charge in [0.15, 0.2) is 0 Å². The highest BCUT2D eigenvalue weighted by Crippen LogP contribution is 2.44. The van der Waals surface area contributed by atoms with Crippen LogP contribution in [0.2, 0.25) is 5.02 Å². The first-order valence-electron chi connectivity index (χ1n) is 8.34. The van der Waals surface area contributed by atoms with Crippen molar-refractivity contribution >= 4 is 17.6 Å². The molecular formula is C19H21ClO5. The molecule has 25 heavy (non-hydrogen) atoms. The number of hydrogen-bond acceptors (Lipinski definition) is 5. The van der Waals surface area contributed by atoms with Crippen LogP contribution in [0.25, 0.3) is 0 Å². The van der Waals surface area contributed by atoms with E-state index in [9.17, 15) is 20.1 Å². The summed E-state index contributed by atoms with van der Waals surface area (Å²) < 4.78 is 5.47. The SMILES string of the molecule is C[C@@H]1C[C@H]2C[C@@H]2/C=C\C=C\[C@H](O)Cc2c(Cl)c(O)cc(O)c2C(=O)O1. The average Bonchev–Trinajstić information content (AvgIpc) is 3.25. The molecule has 0 radical (unpaired) electrons. The number of fused-ring (bicyclic) bond motifs is 2. The molecule has 3 N–H and O–H groups in total. The Morgan fingerprint density at radius 1 is 1.16 bits per heavy atom. The van der Waals surface area contributed by atoms with E-state index in [-0.39, 0.29) is 34.4 Å². The number of aliphatic hydroxyl groups is 1. The maximum atomic E-state index is 12.6. The van der Waals surface area contributed by atoms with Crippen molar-refractivity contribution in [2.45, 2.75) is 38.4 Å². The Morgan fingerprint density at radius 3 is 2.64 bits per heavy atom. The van der Waals surface area contributed by atoms with E-state index >= 15 is 0 Å². The summed E-state index contributed by atoms with van der Waals surface area (Å²) in [7, 11) is 0. The predicted octanol–water partition coefficient (Wildman–Crippen LogP) is 3.35. The lowest BCUT2D eigenvalue weighted by molar-refractivity contribution is 0.0306. The molecule has 0 amide bonds.